The number of hydrogen-bond acceptors (Lipinski definition) is 1. The molecule has 2 aromatic carbocycles. The van der Waals surface area contributed by atoms with Gasteiger partial charge < -0.3 is 4.42 Å². The first-order chi connectivity index (χ1) is 16.1. The lowest BCUT2D eigenvalue weighted by molar-refractivity contribution is -0.660. The summed E-state index contributed by atoms with van der Waals surface area (Å²) in [7, 11) is 1.73. The highest BCUT2D eigenvalue weighted by molar-refractivity contribution is 6.14. The van der Waals surface area contributed by atoms with Crippen molar-refractivity contribution < 1.29 is 17.2 Å². The van der Waals surface area contributed by atoms with Gasteiger partial charge in [-0.15, -0.1) is 0 Å². The molecular formula is C26H27N2O+. The highest BCUT2D eigenvalue weighted by Gasteiger charge is 2.23. The van der Waals surface area contributed by atoms with Gasteiger partial charge in [0.1, 0.15) is 19.6 Å². The maximum Gasteiger partial charge on any atom is 0.229 e. The van der Waals surface area contributed by atoms with Crippen molar-refractivity contribution in [2.24, 2.45) is 12.5 Å². The summed E-state index contributed by atoms with van der Waals surface area (Å²) in [5.41, 5.74) is 2.64. The molecule has 4 aromatic rings. The summed E-state index contributed by atoms with van der Waals surface area (Å²) in [4.78, 5) is 3.53. The molecule has 0 saturated carbocycles. The van der Waals surface area contributed by atoms with Crippen LogP contribution >= 0.6 is 0 Å². The number of benzene rings is 2. The summed E-state index contributed by atoms with van der Waals surface area (Å²) in [6.45, 7) is 12.5. The number of nitrogens with zero attached hydrogens (tertiary/aromatic N) is 2. The van der Waals surface area contributed by atoms with E-state index in [9.17, 15) is 0 Å². The molecule has 0 spiro atoms. The topological polar surface area (TPSA) is 21.4 Å². The average Bonchev–Trinajstić information content (AvgIpc) is 3.13. The molecule has 4 rings (SSSR count). The van der Waals surface area contributed by atoms with E-state index in [0.29, 0.717) is 33.2 Å². The second-order valence-corrected chi connectivity index (χ2v) is 8.38. The Kier molecular flexibility index (Phi) is 3.06. The molecule has 0 aliphatic rings. The summed E-state index contributed by atoms with van der Waals surface area (Å²) in [5, 5.41) is 0.942. The zero-order chi connectivity index (χ0) is 26.1. The number of furan rings is 1. The molecule has 2 heterocycles. The van der Waals surface area contributed by atoms with Crippen LogP contribution in [0, 0.1) is 25.8 Å². The molecule has 0 unspecified atom stereocenters. The van der Waals surface area contributed by atoms with E-state index >= 15 is 0 Å². The number of pyridine rings is 1. The van der Waals surface area contributed by atoms with Gasteiger partial charge in [-0.05, 0) is 42.3 Å². The van der Waals surface area contributed by atoms with Gasteiger partial charge in [0.15, 0.2) is 6.17 Å². The molecule has 3 nitrogen and oxygen atoms in total. The van der Waals surface area contributed by atoms with Gasteiger partial charge in [-0.3, -0.25) is 0 Å². The minimum absolute atomic E-state index is 0.108. The number of fused-ring (bicyclic) bond motifs is 3. The van der Waals surface area contributed by atoms with E-state index in [1.807, 2.05) is 33.8 Å². The highest BCUT2D eigenvalue weighted by Crippen LogP contribution is 2.41. The minimum Gasteiger partial charge on any atom is -0.466 e. The van der Waals surface area contributed by atoms with Gasteiger partial charge >= 0.3 is 0 Å². The molecule has 0 fully saturated rings. The van der Waals surface area contributed by atoms with Crippen LogP contribution in [0.2, 0.25) is 0 Å². The Hall–Kier alpha value is -3.12. The van der Waals surface area contributed by atoms with Crippen LogP contribution in [0.15, 0.2) is 47.0 Å². The quantitative estimate of drug-likeness (QED) is 0.272. The number of hydrogen-bond donors (Lipinski definition) is 0. The van der Waals surface area contributed by atoms with E-state index in [1.165, 1.54) is 18.2 Å². The van der Waals surface area contributed by atoms with Gasteiger partial charge in [0.05, 0.1) is 12.1 Å². The van der Waals surface area contributed by atoms with Crippen molar-refractivity contribution in [1.82, 2.24) is 0 Å². The van der Waals surface area contributed by atoms with Gasteiger partial charge in [-0.2, -0.15) is 0 Å². The lowest BCUT2D eigenvalue weighted by Crippen LogP contribution is -2.31. The summed E-state index contributed by atoms with van der Waals surface area (Å²) in [6.07, 6.45) is -1.59. The van der Waals surface area contributed by atoms with Crippen molar-refractivity contribution in [2.75, 3.05) is 0 Å². The number of aryl methyl sites for hydroxylation is 2. The van der Waals surface area contributed by atoms with Gasteiger partial charge in [0.25, 0.3) is 0 Å². The van der Waals surface area contributed by atoms with E-state index in [-0.39, 0.29) is 23.0 Å². The van der Waals surface area contributed by atoms with E-state index in [4.69, 9.17) is 19.2 Å². The standard InChI is InChI=1S/C26H27N2O/c1-16-9-11-20(27-6)25-22(16)19-10-8-17(2)23(24(19)29-25)21-14-18(12-13-28(21)7)15-26(3,4)5/h8-14H,15H2,1-5,7H3/q+1/i1D3,13D,15D2. The SMILES string of the molecule is [2H]c1cc(C([2H])([2H])C(C)(C)C)cc(-c2c(C)ccc3c2oc2c([N+]#[C-])ccc(C([2H])([2H])[2H])c23)[n+]1C. The fraction of sp³-hybridized carbons (Fsp3) is 0.308. The molecule has 2 aromatic heterocycles. The van der Waals surface area contributed by atoms with Crippen molar-refractivity contribution >= 4 is 27.6 Å². The Balaban J connectivity index is 2.16. The molecule has 0 radical (unpaired) electrons. The van der Waals surface area contributed by atoms with Gasteiger partial charge in [0, 0.05) is 29.8 Å². The number of rotatable bonds is 2. The summed E-state index contributed by atoms with van der Waals surface area (Å²) in [5.74, 6) is 0. The van der Waals surface area contributed by atoms with E-state index in [0.717, 1.165) is 5.56 Å². The smallest absolute Gasteiger partial charge is 0.229 e. The van der Waals surface area contributed by atoms with E-state index in [2.05, 4.69) is 4.85 Å². The first kappa shape index (κ1) is 13.2. The fourth-order valence-electron chi connectivity index (χ4n) is 3.70. The van der Waals surface area contributed by atoms with Crippen molar-refractivity contribution in [1.29, 1.82) is 0 Å². The van der Waals surface area contributed by atoms with Crippen LogP contribution in [0.3, 0.4) is 0 Å². The lowest BCUT2D eigenvalue weighted by atomic mass is 9.87. The van der Waals surface area contributed by atoms with Crippen molar-refractivity contribution in [3.63, 3.8) is 0 Å². The van der Waals surface area contributed by atoms with E-state index < -0.39 is 18.6 Å². The molecule has 0 amide bonds. The zero-order valence-electron chi connectivity index (χ0n) is 23.3. The van der Waals surface area contributed by atoms with Crippen LogP contribution in [-0.2, 0) is 13.4 Å². The summed E-state index contributed by atoms with van der Waals surface area (Å²) >= 11 is 0. The van der Waals surface area contributed by atoms with Crippen molar-refractivity contribution in [3.8, 4) is 11.3 Å². The third kappa shape index (κ3) is 3.29. The van der Waals surface area contributed by atoms with Crippen LogP contribution < -0.4 is 4.57 Å². The van der Waals surface area contributed by atoms with Crippen LogP contribution in [0.4, 0.5) is 5.69 Å². The van der Waals surface area contributed by atoms with Crippen LogP contribution in [-0.4, -0.2) is 0 Å². The molecule has 0 aliphatic carbocycles. The van der Waals surface area contributed by atoms with E-state index in [1.54, 1.807) is 23.7 Å². The Morgan fingerprint density at radius 3 is 2.62 bits per heavy atom. The minimum atomic E-state index is -2.40. The third-order valence-electron chi connectivity index (χ3n) is 4.94. The first-order valence-electron chi connectivity index (χ1n) is 12.5. The monoisotopic (exact) mass is 389 g/mol. The predicted octanol–water partition coefficient (Wildman–Crippen LogP) is 6.83. The second kappa shape index (κ2) is 6.74. The Morgan fingerprint density at radius 1 is 1.17 bits per heavy atom. The highest BCUT2D eigenvalue weighted by atomic mass is 16.3. The maximum absolute atomic E-state index is 8.75. The third-order valence-corrected chi connectivity index (χ3v) is 4.94. The van der Waals surface area contributed by atoms with Gasteiger partial charge in [-0.25, -0.2) is 9.41 Å². The largest absolute Gasteiger partial charge is 0.466 e. The second-order valence-electron chi connectivity index (χ2n) is 8.38. The molecule has 0 aliphatic heterocycles. The molecule has 146 valence electrons. The summed E-state index contributed by atoms with van der Waals surface area (Å²) < 4.78 is 58.0. The van der Waals surface area contributed by atoms with Crippen LogP contribution in [0.25, 0.3) is 38.0 Å². The molecular weight excluding hydrogens is 356 g/mol. The average molecular weight is 390 g/mol. The van der Waals surface area contributed by atoms with Gasteiger partial charge in [-0.1, -0.05) is 45.0 Å². The van der Waals surface area contributed by atoms with Crippen LogP contribution in [0.5, 0.6) is 0 Å². The fourth-order valence-corrected chi connectivity index (χ4v) is 3.70. The molecule has 3 heteroatoms. The molecule has 0 bridgehead atoms. The molecule has 0 N–H and O–H groups in total. The summed E-state index contributed by atoms with van der Waals surface area (Å²) in [6, 6.07) is 9.84. The molecule has 0 saturated heterocycles. The normalized spacial score (nSPS) is 15.9. The Bertz CT molecular complexity index is 1530. The molecule has 29 heavy (non-hydrogen) atoms. The van der Waals surface area contributed by atoms with Gasteiger partial charge in [0.2, 0.25) is 11.4 Å². The zero-order valence-corrected chi connectivity index (χ0v) is 17.3. The Labute approximate surface area is 180 Å². The predicted molar refractivity (Wildman–Crippen MR) is 119 cm³/mol. The number of aromatic nitrogens is 1. The van der Waals surface area contributed by atoms with Crippen molar-refractivity contribution in [2.45, 2.75) is 40.9 Å². The molecule has 0 atom stereocenters. The van der Waals surface area contributed by atoms with Crippen molar-refractivity contribution in [3.05, 3.63) is 70.7 Å². The first-order valence-corrected chi connectivity index (χ1v) is 9.48. The maximum atomic E-state index is 8.75. The lowest BCUT2D eigenvalue weighted by Gasteiger charge is -2.18. The Morgan fingerprint density at radius 2 is 1.93 bits per heavy atom. The van der Waals surface area contributed by atoms with Crippen LogP contribution in [0.1, 0.15) is 45.7 Å².